The van der Waals surface area contributed by atoms with Gasteiger partial charge in [0.25, 0.3) is 5.91 Å². The molecule has 1 heterocycles. The van der Waals surface area contributed by atoms with Crippen molar-refractivity contribution in [3.05, 3.63) is 47.1 Å². The van der Waals surface area contributed by atoms with Gasteiger partial charge >= 0.3 is 0 Å². The summed E-state index contributed by atoms with van der Waals surface area (Å²) in [6.45, 7) is 0.634. The third-order valence-corrected chi connectivity index (χ3v) is 5.79. The molecule has 2 aromatic rings. The molecule has 0 aliphatic carbocycles. The topological polar surface area (TPSA) is 97.8 Å². The number of benzene rings is 1. The summed E-state index contributed by atoms with van der Waals surface area (Å²) in [5.74, 6) is -0.288. The Hall–Kier alpha value is -2.20. The van der Waals surface area contributed by atoms with Gasteiger partial charge in [-0.15, -0.1) is 0 Å². The number of rotatable bonds is 8. The number of aromatic nitrogens is 1. The number of nitrogens with one attached hydrogen (secondary N) is 1. The van der Waals surface area contributed by atoms with Crippen molar-refractivity contribution in [1.82, 2.24) is 9.29 Å². The van der Waals surface area contributed by atoms with Crippen LogP contribution >= 0.6 is 11.6 Å². The highest BCUT2D eigenvalue weighted by Gasteiger charge is 2.22. The van der Waals surface area contributed by atoms with Crippen molar-refractivity contribution >= 4 is 33.2 Å². The Balaban J connectivity index is 2.28. The van der Waals surface area contributed by atoms with Crippen molar-refractivity contribution in [1.29, 1.82) is 0 Å². The van der Waals surface area contributed by atoms with Gasteiger partial charge in [-0.1, -0.05) is 11.6 Å². The van der Waals surface area contributed by atoms with Crippen molar-refractivity contribution in [3.63, 3.8) is 0 Å². The lowest BCUT2D eigenvalue weighted by molar-refractivity contribution is 0.102. The first-order valence-electron chi connectivity index (χ1n) is 7.87. The smallest absolute Gasteiger partial charge is 0.255 e. The zero-order valence-corrected chi connectivity index (χ0v) is 16.7. The fourth-order valence-corrected chi connectivity index (χ4v) is 3.45. The van der Waals surface area contributed by atoms with Gasteiger partial charge in [-0.3, -0.25) is 4.79 Å². The number of carbonyl (C=O) groups is 1. The summed E-state index contributed by atoms with van der Waals surface area (Å²) >= 11 is 6.01. The van der Waals surface area contributed by atoms with Gasteiger partial charge in [0.15, 0.2) is 0 Å². The number of carbonyl (C=O) groups excluding carboxylic acids is 1. The van der Waals surface area contributed by atoms with E-state index in [1.54, 1.807) is 19.2 Å². The summed E-state index contributed by atoms with van der Waals surface area (Å²) in [5.41, 5.74) is 0.483. The lowest BCUT2D eigenvalue weighted by Crippen LogP contribution is -2.23. The van der Waals surface area contributed by atoms with Crippen molar-refractivity contribution in [3.8, 4) is 5.88 Å². The summed E-state index contributed by atoms with van der Waals surface area (Å²) in [6, 6.07) is 7.30. The highest BCUT2D eigenvalue weighted by Crippen LogP contribution is 2.26. The maximum absolute atomic E-state index is 12.6. The van der Waals surface area contributed by atoms with Gasteiger partial charge in [0.2, 0.25) is 15.9 Å². The van der Waals surface area contributed by atoms with Crippen LogP contribution in [0.5, 0.6) is 5.88 Å². The summed E-state index contributed by atoms with van der Waals surface area (Å²) in [7, 11) is 0.530. The number of halogens is 1. The van der Waals surface area contributed by atoms with Gasteiger partial charge in [0.1, 0.15) is 17.2 Å². The molecule has 0 aliphatic heterocycles. The average molecular weight is 414 g/mol. The maximum atomic E-state index is 12.6. The summed E-state index contributed by atoms with van der Waals surface area (Å²) in [4.78, 5) is 16.5. The molecule has 0 spiro atoms. The molecular weight excluding hydrogens is 394 g/mol. The van der Waals surface area contributed by atoms with Crippen LogP contribution in [0.15, 0.2) is 41.4 Å². The molecule has 10 heteroatoms. The first-order chi connectivity index (χ1) is 12.8. The van der Waals surface area contributed by atoms with Gasteiger partial charge in [0, 0.05) is 33.0 Å². The number of sulfonamides is 1. The van der Waals surface area contributed by atoms with Crippen molar-refractivity contribution in [2.75, 3.05) is 39.7 Å². The molecule has 0 bridgehead atoms. The fourth-order valence-electron chi connectivity index (χ4n) is 2.06. The zero-order valence-electron chi connectivity index (χ0n) is 15.1. The van der Waals surface area contributed by atoms with Gasteiger partial charge in [0.05, 0.1) is 11.6 Å². The number of methoxy groups -OCH3 is 1. The predicted molar refractivity (Wildman–Crippen MR) is 102 cm³/mol. The second-order valence-electron chi connectivity index (χ2n) is 5.58. The Morgan fingerprint density at radius 2 is 2.00 bits per heavy atom. The van der Waals surface area contributed by atoms with Gasteiger partial charge in [-0.25, -0.2) is 17.7 Å². The van der Waals surface area contributed by atoms with E-state index in [-0.39, 0.29) is 28.0 Å². The quantitative estimate of drug-likeness (QED) is 0.666. The first kappa shape index (κ1) is 21.1. The van der Waals surface area contributed by atoms with E-state index in [4.69, 9.17) is 21.1 Å². The standard InChI is InChI=1S/C17H20ClN3O5S/c1-21(2)27(23,24)15-11-12(6-7-13(15)18)16(22)20-14-5-4-8-19-17(14)26-10-9-25-3/h4-8,11H,9-10H2,1-3H3,(H,20,22). The number of amides is 1. The van der Waals surface area contributed by atoms with Crippen LogP contribution in [0.4, 0.5) is 5.69 Å². The van der Waals surface area contributed by atoms with E-state index in [2.05, 4.69) is 10.3 Å². The molecule has 0 aliphatic rings. The van der Waals surface area contributed by atoms with Crippen LogP contribution in [-0.4, -0.2) is 58.0 Å². The SMILES string of the molecule is COCCOc1ncccc1NC(=O)c1ccc(Cl)c(S(=O)(=O)N(C)C)c1. The number of ether oxygens (including phenoxy) is 2. The number of nitrogens with zero attached hydrogens (tertiary/aromatic N) is 2. The molecule has 146 valence electrons. The molecule has 1 aromatic carbocycles. The van der Waals surface area contributed by atoms with E-state index in [1.165, 1.54) is 38.5 Å². The van der Waals surface area contributed by atoms with Crippen LogP contribution in [0, 0.1) is 0 Å². The molecule has 8 nitrogen and oxygen atoms in total. The third-order valence-electron chi connectivity index (χ3n) is 3.50. The lowest BCUT2D eigenvalue weighted by atomic mass is 10.2. The number of pyridine rings is 1. The molecule has 1 N–H and O–H groups in total. The second-order valence-corrected chi connectivity index (χ2v) is 8.11. The molecule has 0 unspecified atom stereocenters. The van der Waals surface area contributed by atoms with Gasteiger partial charge in [-0.05, 0) is 30.3 Å². The Labute approximate surface area is 163 Å². The van der Waals surface area contributed by atoms with Crippen LogP contribution in [0.2, 0.25) is 5.02 Å². The van der Waals surface area contributed by atoms with E-state index < -0.39 is 15.9 Å². The molecule has 0 radical (unpaired) electrons. The Morgan fingerprint density at radius 3 is 2.67 bits per heavy atom. The van der Waals surface area contributed by atoms with Gasteiger partial charge < -0.3 is 14.8 Å². The molecule has 0 saturated heterocycles. The molecule has 1 amide bonds. The highest BCUT2D eigenvalue weighted by molar-refractivity contribution is 7.89. The monoisotopic (exact) mass is 413 g/mol. The van der Waals surface area contributed by atoms with E-state index in [0.29, 0.717) is 12.3 Å². The van der Waals surface area contributed by atoms with E-state index in [9.17, 15) is 13.2 Å². The fraction of sp³-hybridized carbons (Fsp3) is 0.294. The minimum atomic E-state index is -3.79. The molecular formula is C17H20ClN3O5S. The molecule has 0 fully saturated rings. The normalized spacial score (nSPS) is 11.4. The van der Waals surface area contributed by atoms with Crippen LogP contribution in [-0.2, 0) is 14.8 Å². The van der Waals surface area contributed by atoms with Crippen molar-refractivity contribution in [2.24, 2.45) is 0 Å². The highest BCUT2D eigenvalue weighted by atomic mass is 35.5. The average Bonchev–Trinajstić information content (AvgIpc) is 2.63. The Kier molecular flexibility index (Phi) is 7.14. The minimum absolute atomic E-state index is 0.0326. The second kappa shape index (κ2) is 9.14. The Bertz CT molecular complexity index is 919. The molecule has 1 aromatic heterocycles. The largest absolute Gasteiger partial charge is 0.474 e. The van der Waals surface area contributed by atoms with Crippen LogP contribution in [0.1, 0.15) is 10.4 Å². The number of hydrogen-bond donors (Lipinski definition) is 1. The minimum Gasteiger partial charge on any atom is -0.474 e. The zero-order chi connectivity index (χ0) is 20.0. The molecule has 27 heavy (non-hydrogen) atoms. The Morgan fingerprint density at radius 1 is 1.26 bits per heavy atom. The van der Waals surface area contributed by atoms with Crippen LogP contribution in [0.25, 0.3) is 0 Å². The summed E-state index contributed by atoms with van der Waals surface area (Å²) in [5, 5.41) is 2.69. The lowest BCUT2D eigenvalue weighted by Gasteiger charge is -2.14. The van der Waals surface area contributed by atoms with Gasteiger partial charge in [-0.2, -0.15) is 0 Å². The van der Waals surface area contributed by atoms with Crippen LogP contribution in [0.3, 0.4) is 0 Å². The predicted octanol–water partition coefficient (Wildman–Crippen LogP) is 2.26. The van der Waals surface area contributed by atoms with Crippen molar-refractivity contribution < 1.29 is 22.7 Å². The van der Waals surface area contributed by atoms with Crippen LogP contribution < -0.4 is 10.1 Å². The molecule has 2 rings (SSSR count). The number of anilines is 1. The number of hydrogen-bond acceptors (Lipinski definition) is 6. The third kappa shape index (κ3) is 5.16. The first-order valence-corrected chi connectivity index (χ1v) is 9.69. The molecule has 0 atom stereocenters. The summed E-state index contributed by atoms with van der Waals surface area (Å²) in [6.07, 6.45) is 1.53. The van der Waals surface area contributed by atoms with E-state index in [0.717, 1.165) is 4.31 Å². The van der Waals surface area contributed by atoms with E-state index in [1.807, 2.05) is 0 Å². The summed E-state index contributed by atoms with van der Waals surface area (Å²) < 4.78 is 36.1. The van der Waals surface area contributed by atoms with Crippen molar-refractivity contribution in [2.45, 2.75) is 4.90 Å². The maximum Gasteiger partial charge on any atom is 0.255 e. The van der Waals surface area contributed by atoms with E-state index >= 15 is 0 Å². The molecule has 0 saturated carbocycles.